The minimum Gasteiger partial charge on any atom is -0.299 e. The SMILES string of the molecule is Cc1cccc(CN2CCC3(CC2)C[C@@H](c2ccccc2)CN(C2CC2)C3)n1. The summed E-state index contributed by atoms with van der Waals surface area (Å²) in [5.74, 6) is 0.709. The molecule has 1 atom stereocenters. The van der Waals surface area contributed by atoms with Gasteiger partial charge < -0.3 is 0 Å². The van der Waals surface area contributed by atoms with Crippen LogP contribution in [0.4, 0.5) is 0 Å². The fourth-order valence-corrected chi connectivity index (χ4v) is 5.56. The van der Waals surface area contributed by atoms with E-state index in [1.54, 1.807) is 5.56 Å². The molecule has 2 saturated heterocycles. The van der Waals surface area contributed by atoms with Gasteiger partial charge in [-0.15, -0.1) is 0 Å². The van der Waals surface area contributed by atoms with Crippen LogP contribution in [-0.4, -0.2) is 47.0 Å². The van der Waals surface area contributed by atoms with Gasteiger partial charge in [-0.05, 0) is 81.1 Å². The van der Waals surface area contributed by atoms with Gasteiger partial charge >= 0.3 is 0 Å². The third kappa shape index (κ3) is 4.01. The summed E-state index contributed by atoms with van der Waals surface area (Å²) in [5, 5.41) is 0. The normalized spacial score (nSPS) is 25.8. The molecular weight excluding hydrogens is 342 g/mol. The average molecular weight is 376 g/mol. The summed E-state index contributed by atoms with van der Waals surface area (Å²) in [7, 11) is 0. The first kappa shape index (κ1) is 18.3. The van der Waals surface area contributed by atoms with Crippen LogP contribution in [0.25, 0.3) is 0 Å². The van der Waals surface area contributed by atoms with Crippen molar-refractivity contribution in [2.45, 2.75) is 57.5 Å². The Hall–Kier alpha value is -1.71. The molecule has 3 nitrogen and oxygen atoms in total. The molecule has 1 aromatic heterocycles. The Morgan fingerprint density at radius 2 is 1.79 bits per heavy atom. The first-order chi connectivity index (χ1) is 13.7. The quantitative estimate of drug-likeness (QED) is 0.777. The highest BCUT2D eigenvalue weighted by Gasteiger charge is 2.45. The smallest absolute Gasteiger partial charge is 0.0547 e. The first-order valence-corrected chi connectivity index (χ1v) is 11.1. The summed E-state index contributed by atoms with van der Waals surface area (Å²) >= 11 is 0. The highest BCUT2D eigenvalue weighted by atomic mass is 15.2. The van der Waals surface area contributed by atoms with Crippen molar-refractivity contribution < 1.29 is 0 Å². The summed E-state index contributed by atoms with van der Waals surface area (Å²) in [6.45, 7) is 8.13. The van der Waals surface area contributed by atoms with Gasteiger partial charge in [0.1, 0.15) is 0 Å². The molecule has 0 N–H and O–H groups in total. The Morgan fingerprint density at radius 3 is 2.50 bits per heavy atom. The van der Waals surface area contributed by atoms with E-state index in [1.165, 1.54) is 64.0 Å². The van der Waals surface area contributed by atoms with E-state index < -0.39 is 0 Å². The lowest BCUT2D eigenvalue weighted by atomic mass is 9.68. The van der Waals surface area contributed by atoms with Crippen molar-refractivity contribution in [3.63, 3.8) is 0 Å². The summed E-state index contributed by atoms with van der Waals surface area (Å²) in [6.07, 6.45) is 6.89. The largest absolute Gasteiger partial charge is 0.299 e. The van der Waals surface area contributed by atoms with E-state index >= 15 is 0 Å². The van der Waals surface area contributed by atoms with Crippen molar-refractivity contribution >= 4 is 0 Å². The average Bonchev–Trinajstić information content (AvgIpc) is 3.56. The van der Waals surface area contributed by atoms with Crippen molar-refractivity contribution in [2.75, 3.05) is 26.2 Å². The molecule has 0 unspecified atom stereocenters. The fraction of sp³-hybridized carbons (Fsp3) is 0.560. The lowest BCUT2D eigenvalue weighted by Gasteiger charge is -2.50. The Balaban J connectivity index is 1.28. The van der Waals surface area contributed by atoms with Crippen LogP contribution >= 0.6 is 0 Å². The molecule has 5 rings (SSSR count). The van der Waals surface area contributed by atoms with E-state index in [1.807, 2.05) is 0 Å². The van der Waals surface area contributed by atoms with Crippen LogP contribution in [0.2, 0.25) is 0 Å². The van der Waals surface area contributed by atoms with Gasteiger partial charge in [-0.2, -0.15) is 0 Å². The van der Waals surface area contributed by atoms with Gasteiger partial charge in [0.25, 0.3) is 0 Å². The molecule has 3 aliphatic rings. The molecule has 0 bridgehead atoms. The number of hydrogen-bond donors (Lipinski definition) is 0. The monoisotopic (exact) mass is 375 g/mol. The molecule has 0 amide bonds. The van der Waals surface area contributed by atoms with Gasteiger partial charge in [0.05, 0.1) is 5.69 Å². The number of hydrogen-bond acceptors (Lipinski definition) is 3. The van der Waals surface area contributed by atoms with E-state index in [2.05, 4.69) is 65.3 Å². The van der Waals surface area contributed by atoms with Gasteiger partial charge in [-0.1, -0.05) is 36.4 Å². The highest BCUT2D eigenvalue weighted by Crippen LogP contribution is 2.47. The van der Waals surface area contributed by atoms with Gasteiger partial charge in [-0.25, -0.2) is 0 Å². The number of rotatable bonds is 4. The molecule has 1 aliphatic carbocycles. The zero-order valence-corrected chi connectivity index (χ0v) is 17.2. The van der Waals surface area contributed by atoms with Crippen molar-refractivity contribution in [3.8, 4) is 0 Å². The number of likely N-dealkylation sites (tertiary alicyclic amines) is 2. The fourth-order valence-electron chi connectivity index (χ4n) is 5.56. The third-order valence-corrected chi connectivity index (χ3v) is 7.26. The Morgan fingerprint density at radius 1 is 1.00 bits per heavy atom. The molecular formula is C25H33N3. The maximum Gasteiger partial charge on any atom is 0.0547 e. The third-order valence-electron chi connectivity index (χ3n) is 7.26. The lowest BCUT2D eigenvalue weighted by molar-refractivity contribution is 0.00802. The minimum atomic E-state index is 0.512. The molecule has 28 heavy (non-hydrogen) atoms. The summed E-state index contributed by atoms with van der Waals surface area (Å²) in [4.78, 5) is 10.2. The second-order valence-electron chi connectivity index (χ2n) is 9.52. The molecule has 1 spiro atoms. The second-order valence-corrected chi connectivity index (χ2v) is 9.52. The highest BCUT2D eigenvalue weighted by molar-refractivity contribution is 5.22. The van der Waals surface area contributed by atoms with Crippen molar-refractivity contribution in [3.05, 3.63) is 65.5 Å². The number of aromatic nitrogens is 1. The lowest BCUT2D eigenvalue weighted by Crippen LogP contribution is -2.52. The predicted molar refractivity (Wildman–Crippen MR) is 114 cm³/mol. The van der Waals surface area contributed by atoms with E-state index in [0.29, 0.717) is 11.3 Å². The van der Waals surface area contributed by atoms with E-state index in [4.69, 9.17) is 4.98 Å². The molecule has 3 fully saturated rings. The summed E-state index contributed by atoms with van der Waals surface area (Å²) in [6, 6.07) is 18.6. The number of piperidine rings is 2. The van der Waals surface area contributed by atoms with Crippen LogP contribution < -0.4 is 0 Å². The Kier molecular flexibility index (Phi) is 4.98. The molecule has 148 valence electrons. The molecule has 1 aromatic carbocycles. The Bertz CT molecular complexity index is 790. The van der Waals surface area contributed by atoms with Gasteiger partial charge in [0.2, 0.25) is 0 Å². The molecule has 2 aliphatic heterocycles. The molecule has 3 heteroatoms. The standard InChI is InChI=1S/C25H33N3/c1-20-6-5-9-23(26-20)18-27-14-12-25(13-15-27)16-22(21-7-3-2-4-8-21)17-28(19-25)24-10-11-24/h2-9,22,24H,10-19H2,1H3/t22-/m1/s1. The van der Waals surface area contributed by atoms with E-state index in [9.17, 15) is 0 Å². The predicted octanol–water partition coefficient (Wildman–Crippen LogP) is 4.62. The van der Waals surface area contributed by atoms with Gasteiger partial charge in [-0.3, -0.25) is 14.8 Å². The number of nitrogens with zero attached hydrogens (tertiary/aromatic N) is 3. The maximum absolute atomic E-state index is 4.72. The van der Waals surface area contributed by atoms with Crippen LogP contribution in [0.15, 0.2) is 48.5 Å². The van der Waals surface area contributed by atoms with E-state index in [-0.39, 0.29) is 0 Å². The van der Waals surface area contributed by atoms with Crippen LogP contribution in [-0.2, 0) is 6.54 Å². The van der Waals surface area contributed by atoms with Crippen LogP contribution in [0.3, 0.4) is 0 Å². The van der Waals surface area contributed by atoms with Gasteiger partial charge in [0, 0.05) is 31.4 Å². The van der Waals surface area contributed by atoms with E-state index in [0.717, 1.165) is 18.3 Å². The minimum absolute atomic E-state index is 0.512. The molecule has 2 aromatic rings. The zero-order chi connectivity index (χ0) is 19.0. The maximum atomic E-state index is 4.72. The summed E-state index contributed by atoms with van der Waals surface area (Å²) < 4.78 is 0. The summed E-state index contributed by atoms with van der Waals surface area (Å²) in [5.41, 5.74) is 4.42. The number of aryl methyl sites for hydroxylation is 1. The van der Waals surface area contributed by atoms with Crippen molar-refractivity contribution in [1.29, 1.82) is 0 Å². The topological polar surface area (TPSA) is 19.4 Å². The second kappa shape index (κ2) is 7.61. The van der Waals surface area contributed by atoms with Crippen LogP contribution in [0, 0.1) is 12.3 Å². The number of benzene rings is 1. The Labute approximate surface area is 169 Å². The molecule has 3 heterocycles. The van der Waals surface area contributed by atoms with Crippen LogP contribution in [0.5, 0.6) is 0 Å². The van der Waals surface area contributed by atoms with Gasteiger partial charge in [0.15, 0.2) is 0 Å². The number of pyridine rings is 1. The van der Waals surface area contributed by atoms with Crippen molar-refractivity contribution in [2.24, 2.45) is 5.41 Å². The first-order valence-electron chi connectivity index (χ1n) is 11.1. The molecule has 1 saturated carbocycles. The molecule has 0 radical (unpaired) electrons. The zero-order valence-electron chi connectivity index (χ0n) is 17.2. The van der Waals surface area contributed by atoms with Crippen molar-refractivity contribution in [1.82, 2.24) is 14.8 Å². The van der Waals surface area contributed by atoms with Crippen LogP contribution in [0.1, 0.15) is 55.0 Å².